The van der Waals surface area contributed by atoms with E-state index >= 15 is 0 Å². The van der Waals surface area contributed by atoms with Gasteiger partial charge in [0.2, 0.25) is 5.90 Å². The quantitative estimate of drug-likeness (QED) is 0.630. The van der Waals surface area contributed by atoms with E-state index in [1.165, 1.54) is 5.56 Å². The molecule has 0 saturated carbocycles. The summed E-state index contributed by atoms with van der Waals surface area (Å²) >= 11 is 0. The number of carbonyl (C=O) groups is 1. The van der Waals surface area contributed by atoms with E-state index in [-0.39, 0.29) is 5.70 Å². The SMILES string of the molecule is CCOc1ccccc1C=C1N=C(c2ccc(C)c(C)c2)OC1=O. The minimum absolute atomic E-state index is 0.274. The van der Waals surface area contributed by atoms with Crippen molar-refractivity contribution < 1.29 is 14.3 Å². The molecule has 24 heavy (non-hydrogen) atoms. The number of aliphatic imine (C=N–C) groups is 1. The molecule has 0 fully saturated rings. The van der Waals surface area contributed by atoms with Gasteiger partial charge in [0, 0.05) is 11.1 Å². The van der Waals surface area contributed by atoms with Gasteiger partial charge in [-0.3, -0.25) is 0 Å². The Bertz CT molecular complexity index is 850. The summed E-state index contributed by atoms with van der Waals surface area (Å²) in [6.45, 7) is 6.54. The Hall–Kier alpha value is -2.88. The van der Waals surface area contributed by atoms with Crippen LogP contribution in [0, 0.1) is 13.8 Å². The van der Waals surface area contributed by atoms with Crippen LogP contribution in [-0.4, -0.2) is 18.5 Å². The van der Waals surface area contributed by atoms with Crippen molar-refractivity contribution in [3.05, 3.63) is 70.4 Å². The molecule has 0 spiro atoms. The molecule has 0 radical (unpaired) electrons. The summed E-state index contributed by atoms with van der Waals surface area (Å²) in [5, 5.41) is 0. The highest BCUT2D eigenvalue weighted by atomic mass is 16.6. The number of ether oxygens (including phenoxy) is 2. The minimum atomic E-state index is -0.450. The third-order valence-corrected chi connectivity index (χ3v) is 3.89. The van der Waals surface area contributed by atoms with Crippen molar-refractivity contribution in [1.29, 1.82) is 0 Å². The average molecular weight is 321 g/mol. The molecule has 3 rings (SSSR count). The van der Waals surface area contributed by atoms with Crippen LogP contribution in [0.5, 0.6) is 5.75 Å². The first-order valence-corrected chi connectivity index (χ1v) is 7.90. The maximum atomic E-state index is 12.1. The highest BCUT2D eigenvalue weighted by Crippen LogP contribution is 2.25. The van der Waals surface area contributed by atoms with E-state index in [0.717, 1.165) is 22.4 Å². The zero-order valence-corrected chi connectivity index (χ0v) is 14.0. The number of aryl methyl sites for hydroxylation is 2. The van der Waals surface area contributed by atoms with Crippen LogP contribution in [0.1, 0.15) is 29.2 Å². The second-order valence-electron chi connectivity index (χ2n) is 5.61. The van der Waals surface area contributed by atoms with Crippen LogP contribution < -0.4 is 4.74 Å². The molecule has 0 amide bonds. The van der Waals surface area contributed by atoms with Crippen molar-refractivity contribution in [2.24, 2.45) is 4.99 Å². The van der Waals surface area contributed by atoms with Gasteiger partial charge in [0.25, 0.3) is 0 Å². The molecule has 0 atom stereocenters. The average Bonchev–Trinajstić information content (AvgIpc) is 2.93. The molecule has 122 valence electrons. The van der Waals surface area contributed by atoms with Crippen LogP contribution in [0.3, 0.4) is 0 Å². The third-order valence-electron chi connectivity index (χ3n) is 3.89. The number of cyclic esters (lactones) is 1. The van der Waals surface area contributed by atoms with Gasteiger partial charge in [0.15, 0.2) is 5.70 Å². The van der Waals surface area contributed by atoms with Gasteiger partial charge in [-0.05, 0) is 56.2 Å². The van der Waals surface area contributed by atoms with Gasteiger partial charge >= 0.3 is 5.97 Å². The van der Waals surface area contributed by atoms with Crippen molar-refractivity contribution in [3.63, 3.8) is 0 Å². The van der Waals surface area contributed by atoms with E-state index in [4.69, 9.17) is 9.47 Å². The van der Waals surface area contributed by atoms with Gasteiger partial charge in [-0.25, -0.2) is 9.79 Å². The second-order valence-corrected chi connectivity index (χ2v) is 5.61. The fourth-order valence-electron chi connectivity index (χ4n) is 2.44. The summed E-state index contributed by atoms with van der Waals surface area (Å²) in [5.41, 5.74) is 4.19. The lowest BCUT2D eigenvalue weighted by Gasteiger charge is -2.06. The first-order chi connectivity index (χ1) is 11.6. The van der Waals surface area contributed by atoms with E-state index in [1.807, 2.05) is 63.2 Å². The Morgan fingerprint density at radius 1 is 1.12 bits per heavy atom. The number of nitrogens with zero attached hydrogens (tertiary/aromatic N) is 1. The van der Waals surface area contributed by atoms with Crippen LogP contribution in [0.15, 0.2) is 53.2 Å². The molecule has 2 aromatic carbocycles. The van der Waals surface area contributed by atoms with Gasteiger partial charge in [0.05, 0.1) is 6.61 Å². The van der Waals surface area contributed by atoms with E-state index < -0.39 is 5.97 Å². The fraction of sp³-hybridized carbons (Fsp3) is 0.200. The number of para-hydroxylation sites is 1. The summed E-state index contributed by atoms with van der Waals surface area (Å²) in [6, 6.07) is 13.4. The van der Waals surface area contributed by atoms with Crippen LogP contribution in [0.2, 0.25) is 0 Å². The van der Waals surface area contributed by atoms with Gasteiger partial charge in [-0.2, -0.15) is 0 Å². The van der Waals surface area contributed by atoms with E-state index in [9.17, 15) is 4.79 Å². The predicted molar refractivity (Wildman–Crippen MR) is 94.1 cm³/mol. The summed E-state index contributed by atoms with van der Waals surface area (Å²) in [6.07, 6.45) is 1.70. The molecule has 0 aromatic heterocycles. The zero-order valence-electron chi connectivity index (χ0n) is 14.0. The van der Waals surface area contributed by atoms with Crippen LogP contribution >= 0.6 is 0 Å². The topological polar surface area (TPSA) is 47.9 Å². The standard InChI is InChI=1S/C20H19NO3/c1-4-23-18-8-6-5-7-15(18)12-17-20(22)24-19(21-17)16-10-9-13(2)14(3)11-16/h5-12H,4H2,1-3H3. The minimum Gasteiger partial charge on any atom is -0.493 e. The molecular weight excluding hydrogens is 302 g/mol. The summed E-state index contributed by atoms with van der Waals surface area (Å²) < 4.78 is 10.9. The van der Waals surface area contributed by atoms with E-state index in [0.29, 0.717) is 12.5 Å². The molecule has 2 aromatic rings. The smallest absolute Gasteiger partial charge is 0.363 e. The number of benzene rings is 2. The lowest BCUT2D eigenvalue weighted by molar-refractivity contribution is -0.129. The number of hydrogen-bond acceptors (Lipinski definition) is 4. The first kappa shape index (κ1) is 16.0. The Morgan fingerprint density at radius 2 is 1.92 bits per heavy atom. The summed E-state index contributed by atoms with van der Waals surface area (Å²) in [4.78, 5) is 16.5. The molecule has 1 heterocycles. The number of hydrogen-bond donors (Lipinski definition) is 0. The van der Waals surface area contributed by atoms with Gasteiger partial charge in [-0.1, -0.05) is 24.3 Å². The van der Waals surface area contributed by atoms with Crippen molar-refractivity contribution in [2.75, 3.05) is 6.61 Å². The fourth-order valence-corrected chi connectivity index (χ4v) is 2.44. The summed E-state index contributed by atoms with van der Waals surface area (Å²) in [5.74, 6) is 0.605. The number of rotatable bonds is 4. The first-order valence-electron chi connectivity index (χ1n) is 7.90. The molecule has 1 aliphatic rings. The van der Waals surface area contributed by atoms with Gasteiger partial charge in [0.1, 0.15) is 5.75 Å². The molecule has 0 aliphatic carbocycles. The molecule has 0 bridgehead atoms. The van der Waals surface area contributed by atoms with Crippen LogP contribution in [-0.2, 0) is 9.53 Å². The van der Waals surface area contributed by atoms with Crippen molar-refractivity contribution >= 4 is 17.9 Å². The number of esters is 1. The van der Waals surface area contributed by atoms with E-state index in [1.54, 1.807) is 6.08 Å². The molecule has 4 heteroatoms. The normalized spacial score (nSPS) is 15.4. The monoisotopic (exact) mass is 321 g/mol. The lowest BCUT2D eigenvalue weighted by atomic mass is 10.1. The summed E-state index contributed by atoms with van der Waals surface area (Å²) in [7, 11) is 0. The highest BCUT2D eigenvalue weighted by Gasteiger charge is 2.24. The van der Waals surface area contributed by atoms with E-state index in [2.05, 4.69) is 4.99 Å². The van der Waals surface area contributed by atoms with Gasteiger partial charge < -0.3 is 9.47 Å². The van der Waals surface area contributed by atoms with Crippen molar-refractivity contribution in [1.82, 2.24) is 0 Å². The van der Waals surface area contributed by atoms with Crippen LogP contribution in [0.25, 0.3) is 6.08 Å². The predicted octanol–water partition coefficient (Wildman–Crippen LogP) is 4.05. The highest BCUT2D eigenvalue weighted by molar-refractivity contribution is 6.13. The molecule has 0 unspecified atom stereocenters. The molecule has 4 nitrogen and oxygen atoms in total. The third kappa shape index (κ3) is 3.23. The largest absolute Gasteiger partial charge is 0.493 e. The van der Waals surface area contributed by atoms with Gasteiger partial charge in [-0.15, -0.1) is 0 Å². The Labute approximate surface area is 141 Å². The Balaban J connectivity index is 1.96. The van der Waals surface area contributed by atoms with Crippen LogP contribution in [0.4, 0.5) is 0 Å². The number of carbonyl (C=O) groups excluding carboxylic acids is 1. The zero-order chi connectivity index (χ0) is 17.1. The maximum Gasteiger partial charge on any atom is 0.363 e. The van der Waals surface area contributed by atoms with Crippen molar-refractivity contribution in [3.8, 4) is 5.75 Å². The Kier molecular flexibility index (Phi) is 4.47. The molecular formula is C20H19NO3. The lowest BCUT2D eigenvalue weighted by Crippen LogP contribution is -2.05. The maximum absolute atomic E-state index is 12.1. The molecule has 0 saturated heterocycles. The van der Waals surface area contributed by atoms with Crippen molar-refractivity contribution in [2.45, 2.75) is 20.8 Å². The second kappa shape index (κ2) is 6.71. The molecule has 1 aliphatic heterocycles. The molecule has 0 N–H and O–H groups in total. The Morgan fingerprint density at radius 3 is 2.67 bits per heavy atom.